The van der Waals surface area contributed by atoms with E-state index in [1.54, 1.807) is 24.4 Å². The molecule has 1 aliphatic carbocycles. The smallest absolute Gasteiger partial charge is 0.259 e. The van der Waals surface area contributed by atoms with E-state index in [9.17, 15) is 14.4 Å². The molecule has 1 saturated carbocycles. The van der Waals surface area contributed by atoms with Crippen LogP contribution in [0.1, 0.15) is 66.7 Å². The Morgan fingerprint density at radius 3 is 2.34 bits per heavy atom. The summed E-state index contributed by atoms with van der Waals surface area (Å²) in [5.41, 5.74) is -0.323. The van der Waals surface area contributed by atoms with Gasteiger partial charge < -0.3 is 19.5 Å². The van der Waals surface area contributed by atoms with Gasteiger partial charge in [-0.2, -0.15) is 0 Å². The molecule has 1 aromatic rings. The predicted octanol–water partition coefficient (Wildman–Crippen LogP) is 1.97. The SMILES string of the molecule is COCCN1CCN(C(=O)c2cn(CC3CCCCC3)cc(C(=O)NC(C)C)c2=O)CC1. The molecular formula is C24H38N4O4. The molecule has 1 saturated heterocycles. The first kappa shape index (κ1) is 24.5. The van der Waals surface area contributed by atoms with Crippen LogP contribution in [-0.2, 0) is 11.3 Å². The van der Waals surface area contributed by atoms with E-state index < -0.39 is 11.3 Å². The largest absolute Gasteiger partial charge is 0.383 e. The molecule has 1 aliphatic heterocycles. The van der Waals surface area contributed by atoms with Crippen LogP contribution in [0.2, 0.25) is 0 Å². The molecule has 8 heteroatoms. The minimum absolute atomic E-state index is 0.0547. The van der Waals surface area contributed by atoms with Crippen LogP contribution in [0.4, 0.5) is 0 Å². The molecule has 8 nitrogen and oxygen atoms in total. The van der Waals surface area contributed by atoms with E-state index in [0.717, 1.165) is 39.0 Å². The number of amides is 2. The number of hydrogen-bond donors (Lipinski definition) is 1. The van der Waals surface area contributed by atoms with Gasteiger partial charge in [0.1, 0.15) is 11.1 Å². The van der Waals surface area contributed by atoms with Gasteiger partial charge in [-0.1, -0.05) is 19.3 Å². The van der Waals surface area contributed by atoms with E-state index in [2.05, 4.69) is 10.2 Å². The zero-order valence-electron chi connectivity index (χ0n) is 19.8. The number of nitrogens with zero attached hydrogens (tertiary/aromatic N) is 3. The summed E-state index contributed by atoms with van der Waals surface area (Å²) in [6.07, 6.45) is 9.29. The highest BCUT2D eigenvalue weighted by atomic mass is 16.5. The van der Waals surface area contributed by atoms with E-state index in [1.165, 1.54) is 19.3 Å². The standard InChI is InChI=1S/C24H38N4O4/c1-18(2)25-23(30)20-16-27(15-19-7-5-4-6-8-19)17-21(22(20)29)24(31)28-11-9-26(10-12-28)13-14-32-3/h16-19H,4-15H2,1-3H3,(H,25,30). The van der Waals surface area contributed by atoms with Gasteiger partial charge in [-0.05, 0) is 32.6 Å². The molecule has 1 N–H and O–H groups in total. The van der Waals surface area contributed by atoms with Crippen LogP contribution in [-0.4, -0.2) is 78.7 Å². The number of carbonyl (C=O) groups is 2. The van der Waals surface area contributed by atoms with Gasteiger partial charge in [0, 0.05) is 64.8 Å². The Hall–Kier alpha value is -2.19. The van der Waals surface area contributed by atoms with Crippen molar-refractivity contribution in [2.75, 3.05) is 46.4 Å². The Kier molecular flexibility index (Phi) is 8.87. The molecular weight excluding hydrogens is 408 g/mol. The fourth-order valence-corrected chi connectivity index (χ4v) is 4.62. The molecule has 0 bridgehead atoms. The van der Waals surface area contributed by atoms with Crippen molar-refractivity contribution in [1.82, 2.24) is 19.7 Å². The summed E-state index contributed by atoms with van der Waals surface area (Å²) in [4.78, 5) is 43.2. The van der Waals surface area contributed by atoms with Crippen molar-refractivity contribution >= 4 is 11.8 Å². The number of hydrogen-bond acceptors (Lipinski definition) is 5. The fraction of sp³-hybridized carbons (Fsp3) is 0.708. The summed E-state index contributed by atoms with van der Waals surface area (Å²) in [5, 5.41) is 2.81. The molecule has 0 atom stereocenters. The van der Waals surface area contributed by atoms with Crippen molar-refractivity contribution in [2.45, 2.75) is 58.5 Å². The van der Waals surface area contributed by atoms with E-state index in [1.807, 2.05) is 18.4 Å². The average Bonchev–Trinajstić information content (AvgIpc) is 2.78. The first-order valence-electron chi connectivity index (χ1n) is 11.9. The van der Waals surface area contributed by atoms with Crippen LogP contribution in [0, 0.1) is 5.92 Å². The van der Waals surface area contributed by atoms with Gasteiger partial charge in [-0.3, -0.25) is 19.3 Å². The maximum absolute atomic E-state index is 13.3. The first-order chi connectivity index (χ1) is 15.4. The molecule has 2 heterocycles. The summed E-state index contributed by atoms with van der Waals surface area (Å²) in [6.45, 7) is 8.56. The Morgan fingerprint density at radius 2 is 1.72 bits per heavy atom. The molecule has 32 heavy (non-hydrogen) atoms. The topological polar surface area (TPSA) is 83.9 Å². The molecule has 1 aromatic heterocycles. The lowest BCUT2D eigenvalue weighted by Crippen LogP contribution is -2.50. The Bertz CT molecular complexity index is 837. The van der Waals surface area contributed by atoms with Crippen molar-refractivity contribution in [3.63, 3.8) is 0 Å². The molecule has 0 spiro atoms. The van der Waals surface area contributed by atoms with Crippen molar-refractivity contribution in [3.8, 4) is 0 Å². The number of nitrogens with one attached hydrogen (secondary N) is 1. The van der Waals surface area contributed by atoms with Crippen LogP contribution in [0.25, 0.3) is 0 Å². The van der Waals surface area contributed by atoms with Crippen LogP contribution in [0.3, 0.4) is 0 Å². The number of rotatable bonds is 8. The van der Waals surface area contributed by atoms with Gasteiger partial charge in [0.2, 0.25) is 5.43 Å². The minimum Gasteiger partial charge on any atom is -0.383 e. The van der Waals surface area contributed by atoms with Crippen molar-refractivity contribution in [3.05, 3.63) is 33.7 Å². The van der Waals surface area contributed by atoms with Crippen LogP contribution < -0.4 is 10.7 Å². The van der Waals surface area contributed by atoms with Gasteiger partial charge in [0.05, 0.1) is 6.61 Å². The quantitative estimate of drug-likeness (QED) is 0.660. The van der Waals surface area contributed by atoms with Gasteiger partial charge in [-0.25, -0.2) is 0 Å². The van der Waals surface area contributed by atoms with Gasteiger partial charge in [0.25, 0.3) is 11.8 Å². The maximum Gasteiger partial charge on any atom is 0.259 e. The molecule has 2 aliphatic rings. The van der Waals surface area contributed by atoms with E-state index in [4.69, 9.17) is 4.74 Å². The second-order valence-electron chi connectivity index (χ2n) is 9.37. The molecule has 2 fully saturated rings. The number of pyridine rings is 1. The molecule has 0 radical (unpaired) electrons. The predicted molar refractivity (Wildman–Crippen MR) is 124 cm³/mol. The number of piperazine rings is 1. The highest BCUT2D eigenvalue weighted by molar-refractivity contribution is 5.99. The third kappa shape index (κ3) is 6.42. The highest BCUT2D eigenvalue weighted by Crippen LogP contribution is 2.25. The average molecular weight is 447 g/mol. The fourth-order valence-electron chi connectivity index (χ4n) is 4.62. The second kappa shape index (κ2) is 11.6. The Labute approximate surface area is 190 Å². The zero-order valence-corrected chi connectivity index (χ0v) is 19.8. The van der Waals surface area contributed by atoms with Crippen LogP contribution in [0.15, 0.2) is 17.2 Å². The zero-order chi connectivity index (χ0) is 23.1. The lowest BCUT2D eigenvalue weighted by molar-refractivity contribution is 0.0592. The van der Waals surface area contributed by atoms with E-state index >= 15 is 0 Å². The Balaban J connectivity index is 1.82. The summed E-state index contributed by atoms with van der Waals surface area (Å²) >= 11 is 0. The number of carbonyl (C=O) groups excluding carboxylic acids is 2. The third-order valence-electron chi connectivity index (χ3n) is 6.44. The molecule has 2 amide bonds. The molecule has 3 rings (SSSR count). The third-order valence-corrected chi connectivity index (χ3v) is 6.44. The number of ether oxygens (including phenoxy) is 1. The monoisotopic (exact) mass is 446 g/mol. The van der Waals surface area contributed by atoms with Crippen LogP contribution in [0.5, 0.6) is 0 Å². The number of aromatic nitrogens is 1. The van der Waals surface area contributed by atoms with Crippen molar-refractivity contribution in [1.29, 1.82) is 0 Å². The first-order valence-corrected chi connectivity index (χ1v) is 11.9. The van der Waals surface area contributed by atoms with Gasteiger partial charge >= 0.3 is 0 Å². The normalized spacial score (nSPS) is 18.2. The minimum atomic E-state index is -0.477. The summed E-state index contributed by atoms with van der Waals surface area (Å²) < 4.78 is 7.04. The summed E-state index contributed by atoms with van der Waals surface area (Å²) in [6, 6.07) is -0.0896. The summed E-state index contributed by atoms with van der Waals surface area (Å²) in [7, 11) is 1.68. The van der Waals surface area contributed by atoms with Crippen LogP contribution >= 0.6 is 0 Å². The van der Waals surface area contributed by atoms with Gasteiger partial charge in [-0.15, -0.1) is 0 Å². The number of methoxy groups -OCH3 is 1. The molecule has 0 aromatic carbocycles. The lowest BCUT2D eigenvalue weighted by Gasteiger charge is -2.34. The molecule has 178 valence electrons. The van der Waals surface area contributed by atoms with E-state index in [-0.39, 0.29) is 23.1 Å². The highest BCUT2D eigenvalue weighted by Gasteiger charge is 2.27. The maximum atomic E-state index is 13.3. The van der Waals surface area contributed by atoms with Crippen molar-refractivity contribution < 1.29 is 14.3 Å². The van der Waals surface area contributed by atoms with E-state index in [0.29, 0.717) is 25.6 Å². The molecule has 0 unspecified atom stereocenters. The second-order valence-corrected chi connectivity index (χ2v) is 9.37. The summed E-state index contributed by atoms with van der Waals surface area (Å²) in [5.74, 6) is -0.182. The lowest BCUT2D eigenvalue weighted by atomic mass is 9.89. The van der Waals surface area contributed by atoms with Crippen molar-refractivity contribution in [2.24, 2.45) is 5.92 Å². The van der Waals surface area contributed by atoms with Gasteiger partial charge in [0.15, 0.2) is 0 Å². The Morgan fingerprint density at radius 1 is 1.06 bits per heavy atom.